The summed E-state index contributed by atoms with van der Waals surface area (Å²) in [6, 6.07) is 0. The lowest BCUT2D eigenvalue weighted by Crippen LogP contribution is -2.29. The van der Waals surface area contributed by atoms with Gasteiger partial charge in [-0.25, -0.2) is 4.57 Å². The van der Waals surface area contributed by atoms with Crippen molar-refractivity contribution in [2.45, 2.75) is 212 Å². The van der Waals surface area contributed by atoms with Gasteiger partial charge in [0.25, 0.3) is 0 Å². The first-order valence-corrected chi connectivity index (χ1v) is 23.6. The van der Waals surface area contributed by atoms with Crippen LogP contribution in [0.4, 0.5) is 0 Å². The number of carbonyl (C=O) groups excluding carboxylic acids is 2. The van der Waals surface area contributed by atoms with Crippen LogP contribution in [0.3, 0.4) is 0 Å². The highest BCUT2D eigenvalue weighted by Crippen LogP contribution is 2.36. The van der Waals surface area contributed by atoms with E-state index in [9.17, 15) is 14.2 Å². The van der Waals surface area contributed by atoms with E-state index in [1.807, 2.05) is 6.08 Å². The van der Waals surface area contributed by atoms with Crippen molar-refractivity contribution in [1.29, 1.82) is 0 Å². The molecular weight excluding hydrogens is 715 g/mol. The smallest absolute Gasteiger partial charge is 0.462 e. The lowest BCUT2D eigenvalue weighted by Gasteiger charge is -2.18. The Morgan fingerprint density at radius 1 is 0.582 bits per heavy atom. The summed E-state index contributed by atoms with van der Waals surface area (Å²) >= 11 is 0. The fraction of sp³-hybridized carbons (Fsp3) is 0.778. The molecular formula is C45H79O9P. The average molecular weight is 795 g/mol. The average Bonchev–Trinajstić information content (AvgIpc) is 3.91. The van der Waals surface area contributed by atoms with Crippen LogP contribution >= 0.6 is 7.82 Å². The van der Waals surface area contributed by atoms with E-state index in [-0.39, 0.29) is 19.4 Å². The second-order valence-electron chi connectivity index (χ2n) is 15.1. The van der Waals surface area contributed by atoms with E-state index in [4.69, 9.17) is 24.0 Å². The van der Waals surface area contributed by atoms with Gasteiger partial charge in [0.2, 0.25) is 0 Å². The predicted molar refractivity (Wildman–Crippen MR) is 225 cm³/mol. The van der Waals surface area contributed by atoms with Crippen molar-refractivity contribution in [3.8, 4) is 0 Å². The van der Waals surface area contributed by atoms with Gasteiger partial charge in [-0.3, -0.25) is 14.1 Å². The fourth-order valence-corrected chi connectivity index (χ4v) is 6.70. The predicted octanol–water partition coefficient (Wildman–Crippen LogP) is 12.5. The molecule has 0 radical (unpaired) electrons. The highest BCUT2D eigenvalue weighted by Gasteiger charge is 2.36. The molecule has 0 aromatic heterocycles. The number of phosphoric acid groups is 1. The van der Waals surface area contributed by atoms with Gasteiger partial charge in [0.15, 0.2) is 6.10 Å². The zero-order valence-electron chi connectivity index (χ0n) is 34.8. The second kappa shape index (κ2) is 36.3. The molecule has 0 amide bonds. The van der Waals surface area contributed by atoms with Gasteiger partial charge < -0.3 is 24.0 Å². The summed E-state index contributed by atoms with van der Waals surface area (Å²) in [5.41, 5.74) is 0. The van der Waals surface area contributed by atoms with Crippen LogP contribution in [-0.2, 0) is 32.9 Å². The SMILES string of the molecule is CCCCCCCC/C=C\CCCCCCCCCCCC(=O)O[C@H](COC(=O)CCC/C=C\C/C=C\C/C=C\CC1OC1CCCCC)COP(=O)(O)O. The molecule has 55 heavy (non-hydrogen) atoms. The van der Waals surface area contributed by atoms with Crippen molar-refractivity contribution in [3.05, 3.63) is 48.6 Å². The molecule has 2 unspecified atom stereocenters. The number of ether oxygens (including phenoxy) is 3. The maximum absolute atomic E-state index is 12.4. The first kappa shape index (κ1) is 51.0. The van der Waals surface area contributed by atoms with E-state index in [0.29, 0.717) is 25.0 Å². The number of hydrogen-bond donors (Lipinski definition) is 2. The van der Waals surface area contributed by atoms with Crippen molar-refractivity contribution in [3.63, 3.8) is 0 Å². The Bertz CT molecular complexity index is 1100. The second-order valence-corrected chi connectivity index (χ2v) is 16.3. The first-order valence-electron chi connectivity index (χ1n) is 22.1. The molecule has 2 N–H and O–H groups in total. The Morgan fingerprint density at radius 3 is 1.69 bits per heavy atom. The zero-order chi connectivity index (χ0) is 40.1. The molecule has 1 rings (SSSR count). The highest BCUT2D eigenvalue weighted by atomic mass is 31.2. The number of carbonyl (C=O) groups is 2. The number of phosphoric ester groups is 1. The molecule has 0 aromatic carbocycles. The third-order valence-electron chi connectivity index (χ3n) is 9.74. The van der Waals surface area contributed by atoms with E-state index < -0.39 is 32.5 Å². The number of allylic oxidation sites excluding steroid dienone is 7. The van der Waals surface area contributed by atoms with Crippen LogP contribution < -0.4 is 0 Å². The minimum Gasteiger partial charge on any atom is -0.462 e. The molecule has 0 spiro atoms. The van der Waals surface area contributed by atoms with Crippen molar-refractivity contribution >= 4 is 19.8 Å². The van der Waals surface area contributed by atoms with Gasteiger partial charge in [-0.2, -0.15) is 0 Å². The van der Waals surface area contributed by atoms with Gasteiger partial charge in [0.05, 0.1) is 18.8 Å². The van der Waals surface area contributed by atoms with Crippen molar-refractivity contribution in [1.82, 2.24) is 0 Å². The van der Waals surface area contributed by atoms with Gasteiger partial charge >= 0.3 is 19.8 Å². The Kier molecular flexibility index (Phi) is 33.7. The van der Waals surface area contributed by atoms with Crippen LogP contribution in [0.5, 0.6) is 0 Å². The summed E-state index contributed by atoms with van der Waals surface area (Å²) in [6.07, 6.45) is 47.3. The molecule has 1 aliphatic heterocycles. The molecule has 0 saturated carbocycles. The molecule has 0 bridgehead atoms. The molecule has 0 aliphatic carbocycles. The zero-order valence-corrected chi connectivity index (χ0v) is 35.7. The van der Waals surface area contributed by atoms with Crippen LogP contribution in [0.15, 0.2) is 48.6 Å². The molecule has 1 aliphatic rings. The maximum atomic E-state index is 12.4. The summed E-state index contributed by atoms with van der Waals surface area (Å²) in [5, 5.41) is 0. The van der Waals surface area contributed by atoms with Crippen LogP contribution in [0.25, 0.3) is 0 Å². The van der Waals surface area contributed by atoms with Gasteiger partial charge in [-0.05, 0) is 70.6 Å². The summed E-state index contributed by atoms with van der Waals surface area (Å²) in [4.78, 5) is 42.9. The molecule has 10 heteroatoms. The number of epoxide rings is 1. The van der Waals surface area contributed by atoms with E-state index in [1.54, 1.807) is 0 Å². The third-order valence-corrected chi connectivity index (χ3v) is 10.2. The van der Waals surface area contributed by atoms with Crippen LogP contribution in [0, 0.1) is 0 Å². The molecule has 3 atom stereocenters. The first-order chi connectivity index (χ1) is 26.7. The minimum atomic E-state index is -4.77. The lowest BCUT2D eigenvalue weighted by atomic mass is 10.1. The molecule has 9 nitrogen and oxygen atoms in total. The minimum absolute atomic E-state index is 0.186. The Morgan fingerprint density at radius 2 is 1.07 bits per heavy atom. The maximum Gasteiger partial charge on any atom is 0.469 e. The van der Waals surface area contributed by atoms with E-state index in [2.05, 4.69) is 60.9 Å². The van der Waals surface area contributed by atoms with E-state index in [0.717, 1.165) is 44.9 Å². The van der Waals surface area contributed by atoms with Gasteiger partial charge in [-0.1, -0.05) is 159 Å². The quantitative estimate of drug-likeness (QED) is 0.0205. The Hall–Kier alpha value is -2.03. The van der Waals surface area contributed by atoms with Crippen LogP contribution in [-0.4, -0.2) is 53.3 Å². The molecule has 1 saturated heterocycles. The van der Waals surface area contributed by atoms with Crippen molar-refractivity contribution in [2.24, 2.45) is 0 Å². The van der Waals surface area contributed by atoms with Crippen molar-refractivity contribution in [2.75, 3.05) is 13.2 Å². The normalized spacial score (nSPS) is 16.6. The summed E-state index contributed by atoms with van der Waals surface area (Å²) in [5.74, 6) is -0.956. The lowest BCUT2D eigenvalue weighted by molar-refractivity contribution is -0.161. The van der Waals surface area contributed by atoms with Gasteiger partial charge in [0, 0.05) is 12.8 Å². The topological polar surface area (TPSA) is 132 Å². The van der Waals surface area contributed by atoms with Crippen LogP contribution in [0.1, 0.15) is 194 Å². The van der Waals surface area contributed by atoms with Gasteiger partial charge in [0.1, 0.15) is 6.61 Å². The molecule has 1 fully saturated rings. The summed E-state index contributed by atoms with van der Waals surface area (Å²) in [6.45, 7) is 3.61. The Balaban J connectivity index is 2.07. The van der Waals surface area contributed by atoms with E-state index >= 15 is 0 Å². The van der Waals surface area contributed by atoms with Crippen molar-refractivity contribution < 1.29 is 42.7 Å². The fourth-order valence-electron chi connectivity index (χ4n) is 6.34. The third kappa shape index (κ3) is 36.1. The molecule has 0 aromatic rings. The monoisotopic (exact) mass is 795 g/mol. The van der Waals surface area contributed by atoms with Crippen LogP contribution in [0.2, 0.25) is 0 Å². The number of esters is 2. The molecule has 318 valence electrons. The summed E-state index contributed by atoms with van der Waals surface area (Å²) in [7, 11) is -4.77. The number of unbranched alkanes of at least 4 members (excludes halogenated alkanes) is 18. The van der Waals surface area contributed by atoms with E-state index in [1.165, 1.54) is 109 Å². The Labute approximate surface area is 335 Å². The standard InChI is InChI=1S/C45H79O9P/c1-3-5-7-8-9-10-11-12-13-14-15-16-17-18-19-24-27-30-34-38-45(47)53-41(40-52-55(48,49)50)39-51-44(46)37-33-29-26-23-21-20-22-25-28-32-36-43-42(54-43)35-31-6-4-2/h12-13,20,22-23,26,28,32,41-43H,3-11,14-19,21,24-25,27,29-31,33-40H2,1-2H3,(H2,48,49,50)/b13-12-,22-20-,26-23-,32-28-/t41-,42?,43?/m1/s1. The highest BCUT2D eigenvalue weighted by molar-refractivity contribution is 7.46. The number of hydrogen-bond acceptors (Lipinski definition) is 7. The summed E-state index contributed by atoms with van der Waals surface area (Å²) < 4.78 is 32.1. The number of rotatable bonds is 39. The van der Waals surface area contributed by atoms with Gasteiger partial charge in [-0.15, -0.1) is 0 Å². The molecule has 1 heterocycles. The largest absolute Gasteiger partial charge is 0.469 e.